The summed E-state index contributed by atoms with van der Waals surface area (Å²) in [5.41, 5.74) is 5.14. The van der Waals surface area contributed by atoms with Crippen molar-refractivity contribution in [1.29, 1.82) is 0 Å². The van der Waals surface area contributed by atoms with Gasteiger partial charge in [0, 0.05) is 17.0 Å². The average molecular weight is 338 g/mol. The zero-order valence-corrected chi connectivity index (χ0v) is 15.4. The van der Waals surface area contributed by atoms with Gasteiger partial charge in [0.25, 0.3) is 0 Å². The summed E-state index contributed by atoms with van der Waals surface area (Å²) in [5.74, 6) is 0.738. The van der Waals surface area contributed by atoms with Gasteiger partial charge in [-0.25, -0.2) is 4.79 Å². The number of rotatable bonds is 6. The maximum absolute atomic E-state index is 12.1. The molecular weight excluding hydrogens is 312 g/mol. The minimum absolute atomic E-state index is 0.188. The Bertz CT molecular complexity index is 880. The van der Waals surface area contributed by atoms with Crippen molar-refractivity contribution in [2.24, 2.45) is 0 Å². The third-order valence-electron chi connectivity index (χ3n) is 4.72. The van der Waals surface area contributed by atoms with Crippen molar-refractivity contribution in [3.05, 3.63) is 63.0 Å². The number of benzene rings is 1. The second kappa shape index (κ2) is 7.73. The van der Waals surface area contributed by atoms with Gasteiger partial charge in [-0.05, 0) is 76.6 Å². The molecule has 0 fully saturated rings. The molecule has 132 valence electrons. The van der Waals surface area contributed by atoms with E-state index in [1.807, 2.05) is 18.2 Å². The first-order valence-corrected chi connectivity index (χ1v) is 9.05. The molecule has 25 heavy (non-hydrogen) atoms. The summed E-state index contributed by atoms with van der Waals surface area (Å²) in [6.45, 7) is 6.90. The molecule has 2 aromatic rings. The van der Waals surface area contributed by atoms with Gasteiger partial charge in [-0.2, -0.15) is 0 Å². The first-order chi connectivity index (χ1) is 12.0. The zero-order valence-electron chi connectivity index (χ0n) is 15.4. The summed E-state index contributed by atoms with van der Waals surface area (Å²) in [7, 11) is 0. The molecule has 1 aromatic heterocycles. The van der Waals surface area contributed by atoms with E-state index in [4.69, 9.17) is 9.15 Å². The quantitative estimate of drug-likeness (QED) is 0.526. The van der Waals surface area contributed by atoms with Crippen molar-refractivity contribution in [2.75, 3.05) is 6.61 Å². The highest BCUT2D eigenvalue weighted by molar-refractivity contribution is 5.83. The van der Waals surface area contributed by atoms with Crippen LogP contribution in [0.4, 0.5) is 0 Å². The maximum atomic E-state index is 12.1. The van der Waals surface area contributed by atoms with Gasteiger partial charge in [0.15, 0.2) is 0 Å². The summed E-state index contributed by atoms with van der Waals surface area (Å²) < 4.78 is 11.3. The maximum Gasteiger partial charge on any atom is 0.339 e. The topological polar surface area (TPSA) is 39.4 Å². The lowest BCUT2D eigenvalue weighted by Gasteiger charge is -2.08. The van der Waals surface area contributed by atoms with Gasteiger partial charge in [0.2, 0.25) is 0 Å². The van der Waals surface area contributed by atoms with Crippen LogP contribution in [0.2, 0.25) is 0 Å². The van der Waals surface area contributed by atoms with Crippen LogP contribution in [0.5, 0.6) is 5.75 Å². The summed E-state index contributed by atoms with van der Waals surface area (Å²) >= 11 is 0. The van der Waals surface area contributed by atoms with E-state index < -0.39 is 0 Å². The van der Waals surface area contributed by atoms with E-state index >= 15 is 0 Å². The Hall–Kier alpha value is -2.29. The lowest BCUT2D eigenvalue weighted by atomic mass is 10.1. The van der Waals surface area contributed by atoms with Crippen molar-refractivity contribution >= 4 is 11.0 Å². The van der Waals surface area contributed by atoms with Crippen LogP contribution in [-0.2, 0) is 12.8 Å². The zero-order chi connectivity index (χ0) is 17.8. The van der Waals surface area contributed by atoms with Crippen molar-refractivity contribution < 1.29 is 9.15 Å². The number of allylic oxidation sites excluding steroid dienone is 3. The van der Waals surface area contributed by atoms with Crippen molar-refractivity contribution in [2.45, 2.75) is 52.9 Å². The highest BCUT2D eigenvalue weighted by Gasteiger charge is 2.19. The first kappa shape index (κ1) is 17.5. The van der Waals surface area contributed by atoms with Gasteiger partial charge in [-0.15, -0.1) is 0 Å². The van der Waals surface area contributed by atoms with Crippen LogP contribution in [-0.4, -0.2) is 6.61 Å². The molecule has 0 amide bonds. The molecule has 0 atom stereocenters. The molecule has 0 bridgehead atoms. The van der Waals surface area contributed by atoms with E-state index in [9.17, 15) is 4.79 Å². The fourth-order valence-electron chi connectivity index (χ4n) is 3.32. The third-order valence-corrected chi connectivity index (χ3v) is 4.72. The molecule has 1 aliphatic carbocycles. The largest absolute Gasteiger partial charge is 0.489 e. The molecule has 0 unspecified atom stereocenters. The van der Waals surface area contributed by atoms with Crippen molar-refractivity contribution in [1.82, 2.24) is 0 Å². The van der Waals surface area contributed by atoms with Crippen LogP contribution in [0.3, 0.4) is 0 Å². The predicted molar refractivity (Wildman–Crippen MR) is 102 cm³/mol. The van der Waals surface area contributed by atoms with Gasteiger partial charge in [-0.3, -0.25) is 0 Å². The predicted octanol–water partition coefficient (Wildman–Crippen LogP) is 5.35. The minimum Gasteiger partial charge on any atom is -0.489 e. The molecule has 0 N–H and O–H groups in total. The Kier molecular flexibility index (Phi) is 5.42. The second-order valence-electron chi connectivity index (χ2n) is 7.04. The molecule has 3 rings (SSSR count). The minimum atomic E-state index is -0.188. The number of aryl methyl sites for hydroxylation is 1. The van der Waals surface area contributed by atoms with Crippen LogP contribution in [0.1, 0.15) is 51.2 Å². The number of ether oxygens (including phenoxy) is 1. The Balaban J connectivity index is 1.68. The molecule has 3 heteroatoms. The van der Waals surface area contributed by atoms with E-state index in [0.29, 0.717) is 12.2 Å². The third kappa shape index (κ3) is 4.22. The fraction of sp³-hybridized carbons (Fsp3) is 0.409. The molecule has 3 nitrogen and oxygen atoms in total. The Morgan fingerprint density at radius 3 is 2.76 bits per heavy atom. The lowest BCUT2D eigenvalue weighted by Crippen LogP contribution is -2.06. The summed E-state index contributed by atoms with van der Waals surface area (Å²) in [6, 6.07) is 5.82. The standard InChI is InChI=1S/C22H26O3/c1-15(2)6-4-7-16(3)12-13-24-17-10-11-19-18-8-5-9-20(18)22(23)25-21(19)14-17/h6,10-12,14H,4-5,7-9,13H2,1-3H3. The van der Waals surface area contributed by atoms with Gasteiger partial charge in [-0.1, -0.05) is 17.2 Å². The van der Waals surface area contributed by atoms with Crippen LogP contribution in [0.15, 0.2) is 50.7 Å². The van der Waals surface area contributed by atoms with Crippen LogP contribution < -0.4 is 10.4 Å². The Labute approximate surface area is 149 Å². The van der Waals surface area contributed by atoms with E-state index in [1.165, 1.54) is 11.1 Å². The first-order valence-electron chi connectivity index (χ1n) is 9.05. The molecule has 0 saturated carbocycles. The fourth-order valence-corrected chi connectivity index (χ4v) is 3.32. The summed E-state index contributed by atoms with van der Waals surface area (Å²) in [5, 5.41) is 1.05. The van der Waals surface area contributed by atoms with Gasteiger partial charge in [0.05, 0.1) is 0 Å². The highest BCUT2D eigenvalue weighted by Crippen LogP contribution is 2.29. The average Bonchev–Trinajstić information content (AvgIpc) is 3.05. The Morgan fingerprint density at radius 1 is 1.16 bits per heavy atom. The molecule has 1 heterocycles. The summed E-state index contributed by atoms with van der Waals surface area (Å²) in [4.78, 5) is 12.1. The molecule has 0 saturated heterocycles. The van der Waals surface area contributed by atoms with Crippen molar-refractivity contribution in [3.8, 4) is 5.75 Å². The van der Waals surface area contributed by atoms with E-state index in [-0.39, 0.29) is 5.63 Å². The molecule has 0 spiro atoms. The monoisotopic (exact) mass is 338 g/mol. The molecule has 0 radical (unpaired) electrons. The van der Waals surface area contributed by atoms with Crippen LogP contribution in [0, 0.1) is 0 Å². The van der Waals surface area contributed by atoms with Crippen LogP contribution in [0.25, 0.3) is 11.0 Å². The number of hydrogen-bond donors (Lipinski definition) is 0. The molecule has 1 aromatic carbocycles. The summed E-state index contributed by atoms with van der Waals surface area (Å²) in [6.07, 6.45) is 9.32. The highest BCUT2D eigenvalue weighted by atomic mass is 16.5. The second-order valence-corrected chi connectivity index (χ2v) is 7.04. The van der Waals surface area contributed by atoms with Gasteiger partial charge < -0.3 is 9.15 Å². The Morgan fingerprint density at radius 2 is 1.96 bits per heavy atom. The van der Waals surface area contributed by atoms with E-state index in [0.717, 1.165) is 54.4 Å². The molecule has 1 aliphatic rings. The van der Waals surface area contributed by atoms with Gasteiger partial charge >= 0.3 is 5.63 Å². The van der Waals surface area contributed by atoms with Crippen LogP contribution >= 0.6 is 0 Å². The lowest BCUT2D eigenvalue weighted by molar-refractivity contribution is 0.361. The smallest absolute Gasteiger partial charge is 0.339 e. The molecular formula is C22H26O3. The van der Waals surface area contributed by atoms with E-state index in [1.54, 1.807) is 0 Å². The number of fused-ring (bicyclic) bond motifs is 3. The normalized spacial score (nSPS) is 13.8. The van der Waals surface area contributed by atoms with E-state index in [2.05, 4.69) is 32.9 Å². The van der Waals surface area contributed by atoms with Crippen molar-refractivity contribution in [3.63, 3.8) is 0 Å². The molecule has 0 aliphatic heterocycles. The SMILES string of the molecule is CC(C)=CCCC(C)=CCOc1ccc2c3c(c(=O)oc2c1)CCC3. The van der Waals surface area contributed by atoms with Gasteiger partial charge in [0.1, 0.15) is 17.9 Å². The number of hydrogen-bond acceptors (Lipinski definition) is 3.